The number of hydrogen-bond donors (Lipinski definition) is 2. The lowest BCUT2D eigenvalue weighted by molar-refractivity contribution is -1.09. The Morgan fingerprint density at radius 3 is 1.64 bits per heavy atom. The molecule has 0 spiro atoms. The smallest absolute Gasteiger partial charge is 0.269 e. The Labute approximate surface area is 165 Å². The molecule has 5 heteroatoms. The van der Waals surface area contributed by atoms with Gasteiger partial charge in [-0.1, -0.05) is 60.7 Å². The van der Waals surface area contributed by atoms with Crippen LogP contribution in [0.1, 0.15) is 22.9 Å². The van der Waals surface area contributed by atoms with E-state index in [0.29, 0.717) is 0 Å². The molecule has 1 aliphatic rings. The van der Waals surface area contributed by atoms with Crippen molar-refractivity contribution in [1.29, 1.82) is 0 Å². The van der Waals surface area contributed by atoms with Crippen LogP contribution < -0.4 is 9.80 Å². The Bertz CT molecular complexity index is 864. The highest BCUT2D eigenvalue weighted by Gasteiger charge is 2.40. The number of benzene rings is 3. The Morgan fingerprint density at radius 1 is 0.750 bits per heavy atom. The minimum atomic E-state index is -0.332. The molecule has 28 heavy (non-hydrogen) atoms. The molecule has 5 nitrogen and oxygen atoms in total. The van der Waals surface area contributed by atoms with Crippen LogP contribution in [0.5, 0.6) is 0 Å². The van der Waals surface area contributed by atoms with E-state index < -0.39 is 0 Å². The van der Waals surface area contributed by atoms with Crippen molar-refractivity contribution < 1.29 is 14.7 Å². The largest absolute Gasteiger partial charge is 0.274 e. The Hall–Kier alpha value is -3.02. The number of nitro benzene ring substituents is 1. The van der Waals surface area contributed by atoms with Crippen LogP contribution in [0, 0.1) is 10.1 Å². The fraction of sp³-hybridized carbons (Fsp3) is 0.217. The van der Waals surface area contributed by atoms with Gasteiger partial charge in [0.25, 0.3) is 5.69 Å². The summed E-state index contributed by atoms with van der Waals surface area (Å²) in [5.41, 5.74) is 3.96. The molecule has 0 aromatic heterocycles. The Morgan fingerprint density at radius 2 is 1.21 bits per heavy atom. The highest BCUT2D eigenvalue weighted by molar-refractivity contribution is 5.33. The molecule has 1 fully saturated rings. The second kappa shape index (κ2) is 8.33. The summed E-state index contributed by atoms with van der Waals surface area (Å²) in [7, 11) is 0. The van der Waals surface area contributed by atoms with E-state index in [1.165, 1.54) is 26.5 Å². The maximum Gasteiger partial charge on any atom is 0.269 e. The van der Waals surface area contributed by atoms with Gasteiger partial charge in [-0.25, -0.2) is 0 Å². The zero-order chi connectivity index (χ0) is 19.3. The second-order valence-corrected chi connectivity index (χ2v) is 7.42. The van der Waals surface area contributed by atoms with Crippen molar-refractivity contribution in [2.24, 2.45) is 0 Å². The average Bonchev–Trinajstić information content (AvgIpc) is 3.11. The van der Waals surface area contributed by atoms with Crippen molar-refractivity contribution in [3.8, 4) is 0 Å². The van der Waals surface area contributed by atoms with Crippen LogP contribution in [0.25, 0.3) is 0 Å². The van der Waals surface area contributed by atoms with Gasteiger partial charge in [0.15, 0.2) is 0 Å². The summed E-state index contributed by atoms with van der Waals surface area (Å²) in [6.07, 6.45) is 0.265. The standard InChI is InChI=1S/C23H23N3O2/c27-26(28)22-13-11-21(12-14-22)23-24(17-19-7-3-1-4-8-19)15-16-25(23)18-20-9-5-2-6-10-20/h1-14,23H,15-18H2/p+2. The molecule has 1 saturated heterocycles. The van der Waals surface area contributed by atoms with Crippen LogP contribution in [0.4, 0.5) is 5.69 Å². The van der Waals surface area contributed by atoms with Crippen molar-refractivity contribution in [2.75, 3.05) is 13.1 Å². The lowest BCUT2D eigenvalue weighted by Crippen LogP contribution is -3.22. The first-order chi connectivity index (χ1) is 13.7. The van der Waals surface area contributed by atoms with Crippen LogP contribution in [0.2, 0.25) is 0 Å². The summed E-state index contributed by atoms with van der Waals surface area (Å²) < 4.78 is 0. The molecule has 0 amide bonds. The van der Waals surface area contributed by atoms with Crippen LogP contribution >= 0.6 is 0 Å². The summed E-state index contributed by atoms with van der Waals surface area (Å²) in [6, 6.07) is 28.3. The van der Waals surface area contributed by atoms with E-state index >= 15 is 0 Å². The van der Waals surface area contributed by atoms with Gasteiger partial charge in [0.1, 0.15) is 26.2 Å². The average molecular weight is 375 g/mol. The van der Waals surface area contributed by atoms with E-state index in [-0.39, 0.29) is 16.8 Å². The number of rotatable bonds is 6. The van der Waals surface area contributed by atoms with Crippen LogP contribution in [0.15, 0.2) is 84.9 Å². The molecule has 0 bridgehead atoms. The summed E-state index contributed by atoms with van der Waals surface area (Å²) in [5.74, 6) is 0. The van der Waals surface area contributed by atoms with Crippen molar-refractivity contribution in [3.05, 3.63) is 112 Å². The Balaban J connectivity index is 1.61. The van der Waals surface area contributed by atoms with E-state index in [4.69, 9.17) is 0 Å². The molecule has 0 radical (unpaired) electrons. The van der Waals surface area contributed by atoms with E-state index in [1.54, 1.807) is 12.1 Å². The highest BCUT2D eigenvalue weighted by Crippen LogP contribution is 2.15. The summed E-state index contributed by atoms with van der Waals surface area (Å²) in [5, 5.41) is 11.0. The van der Waals surface area contributed by atoms with Gasteiger partial charge in [-0.3, -0.25) is 19.9 Å². The lowest BCUT2D eigenvalue weighted by Gasteiger charge is -2.24. The molecule has 0 saturated carbocycles. The first-order valence-electron chi connectivity index (χ1n) is 9.72. The van der Waals surface area contributed by atoms with Crippen LogP contribution in [-0.4, -0.2) is 18.0 Å². The molecule has 2 atom stereocenters. The summed E-state index contributed by atoms with van der Waals surface area (Å²) >= 11 is 0. The van der Waals surface area contributed by atoms with Gasteiger partial charge in [0.2, 0.25) is 6.17 Å². The molecule has 142 valence electrons. The topological polar surface area (TPSA) is 52.0 Å². The number of nitro groups is 1. The Kier molecular flexibility index (Phi) is 5.46. The normalized spacial score (nSPS) is 21.5. The van der Waals surface area contributed by atoms with Gasteiger partial charge in [-0.2, -0.15) is 0 Å². The third kappa shape index (κ3) is 4.11. The minimum Gasteiger partial charge on any atom is -0.274 e. The lowest BCUT2D eigenvalue weighted by atomic mass is 10.1. The molecule has 1 heterocycles. The SMILES string of the molecule is O=[N+]([O-])c1ccc(C2[NH+](Cc3ccccc3)CC[NH+]2Cc2ccccc2)cc1. The maximum absolute atomic E-state index is 11.0. The van der Waals surface area contributed by atoms with E-state index in [0.717, 1.165) is 26.2 Å². The maximum atomic E-state index is 11.0. The van der Waals surface area contributed by atoms with Gasteiger partial charge in [0, 0.05) is 23.3 Å². The van der Waals surface area contributed by atoms with Gasteiger partial charge in [0.05, 0.1) is 10.5 Å². The number of quaternary nitrogens is 2. The predicted molar refractivity (Wildman–Crippen MR) is 108 cm³/mol. The number of non-ortho nitro benzene ring substituents is 1. The zero-order valence-electron chi connectivity index (χ0n) is 15.8. The first-order valence-corrected chi connectivity index (χ1v) is 9.72. The molecule has 3 aromatic rings. The minimum absolute atomic E-state index is 0.149. The second-order valence-electron chi connectivity index (χ2n) is 7.42. The van der Waals surface area contributed by atoms with Crippen LogP contribution in [0.3, 0.4) is 0 Å². The molecule has 0 aliphatic carbocycles. The van der Waals surface area contributed by atoms with Gasteiger partial charge < -0.3 is 0 Å². The predicted octanol–water partition coefficient (Wildman–Crippen LogP) is 1.78. The molecular weight excluding hydrogens is 350 g/mol. The van der Waals surface area contributed by atoms with Gasteiger partial charge >= 0.3 is 0 Å². The van der Waals surface area contributed by atoms with Gasteiger partial charge in [-0.15, -0.1) is 0 Å². The number of nitrogens with one attached hydrogen (secondary N) is 2. The number of hydrogen-bond acceptors (Lipinski definition) is 2. The van der Waals surface area contributed by atoms with E-state index in [9.17, 15) is 10.1 Å². The van der Waals surface area contributed by atoms with Crippen molar-refractivity contribution in [3.63, 3.8) is 0 Å². The zero-order valence-corrected chi connectivity index (χ0v) is 15.8. The molecule has 3 aromatic carbocycles. The van der Waals surface area contributed by atoms with Crippen LogP contribution in [-0.2, 0) is 13.1 Å². The summed E-state index contributed by atoms with van der Waals surface area (Å²) in [4.78, 5) is 13.7. The summed E-state index contributed by atoms with van der Waals surface area (Å²) in [6.45, 7) is 4.08. The van der Waals surface area contributed by atoms with E-state index in [1.807, 2.05) is 24.3 Å². The molecule has 4 rings (SSSR count). The molecule has 2 N–H and O–H groups in total. The quantitative estimate of drug-likeness (QED) is 0.510. The monoisotopic (exact) mass is 375 g/mol. The third-order valence-corrected chi connectivity index (χ3v) is 5.57. The first kappa shape index (κ1) is 18.3. The fourth-order valence-corrected chi connectivity index (χ4v) is 4.26. The molecule has 2 unspecified atom stereocenters. The highest BCUT2D eigenvalue weighted by atomic mass is 16.6. The van der Waals surface area contributed by atoms with E-state index in [2.05, 4.69) is 48.5 Å². The molecular formula is C23H25N3O2+2. The third-order valence-electron chi connectivity index (χ3n) is 5.57. The van der Waals surface area contributed by atoms with Gasteiger partial charge in [-0.05, 0) is 12.1 Å². The fourth-order valence-electron chi connectivity index (χ4n) is 4.26. The molecule has 1 aliphatic heterocycles. The van der Waals surface area contributed by atoms with Crippen molar-refractivity contribution >= 4 is 5.69 Å². The number of nitrogens with zero attached hydrogens (tertiary/aromatic N) is 1. The van der Waals surface area contributed by atoms with Crippen molar-refractivity contribution in [2.45, 2.75) is 19.3 Å². The van der Waals surface area contributed by atoms with Crippen molar-refractivity contribution in [1.82, 2.24) is 0 Å².